The third kappa shape index (κ3) is 7.86. The predicted molar refractivity (Wildman–Crippen MR) is 144 cm³/mol. The van der Waals surface area contributed by atoms with E-state index in [1.807, 2.05) is 19.1 Å². The van der Waals surface area contributed by atoms with E-state index in [-0.39, 0.29) is 12.4 Å². The number of carbonyl (C=O) groups is 2. The zero-order chi connectivity index (χ0) is 27.3. The number of ether oxygens (including phenoxy) is 5. The van der Waals surface area contributed by atoms with Crippen molar-refractivity contribution >= 4 is 18.1 Å². The van der Waals surface area contributed by atoms with E-state index in [1.165, 1.54) is 13.3 Å². The Kier molecular flexibility index (Phi) is 10.3. The maximum absolute atomic E-state index is 12.5. The summed E-state index contributed by atoms with van der Waals surface area (Å²) < 4.78 is 27.2. The van der Waals surface area contributed by atoms with Gasteiger partial charge in [-0.1, -0.05) is 12.1 Å². The lowest BCUT2D eigenvalue weighted by atomic mass is 10.1. The number of hydrogen-bond donors (Lipinski definition) is 1. The molecular formula is C29H30N2O7. The monoisotopic (exact) mass is 518 g/mol. The van der Waals surface area contributed by atoms with E-state index < -0.39 is 11.9 Å². The molecule has 0 aliphatic heterocycles. The van der Waals surface area contributed by atoms with E-state index in [0.29, 0.717) is 47.2 Å². The molecule has 0 fully saturated rings. The van der Waals surface area contributed by atoms with E-state index in [1.54, 1.807) is 61.7 Å². The summed E-state index contributed by atoms with van der Waals surface area (Å²) in [5, 5.41) is 3.97. The van der Waals surface area contributed by atoms with Gasteiger partial charge < -0.3 is 23.7 Å². The van der Waals surface area contributed by atoms with E-state index in [9.17, 15) is 9.59 Å². The molecule has 198 valence electrons. The van der Waals surface area contributed by atoms with Crippen molar-refractivity contribution in [2.45, 2.75) is 13.3 Å². The van der Waals surface area contributed by atoms with Crippen LogP contribution in [0, 0.1) is 0 Å². The third-order valence-corrected chi connectivity index (χ3v) is 5.17. The topological polar surface area (TPSA) is 105 Å². The smallest absolute Gasteiger partial charge is 0.343 e. The van der Waals surface area contributed by atoms with Crippen molar-refractivity contribution in [1.29, 1.82) is 0 Å². The number of esters is 1. The number of carbonyl (C=O) groups excluding carboxylic acids is 2. The molecule has 0 aliphatic carbocycles. The van der Waals surface area contributed by atoms with Crippen molar-refractivity contribution in [3.8, 4) is 28.7 Å². The molecule has 0 radical (unpaired) electrons. The highest BCUT2D eigenvalue weighted by atomic mass is 16.6. The summed E-state index contributed by atoms with van der Waals surface area (Å²) in [6.45, 7) is 5.65. The first-order valence-corrected chi connectivity index (χ1v) is 11.8. The number of hydrazone groups is 1. The first-order valence-electron chi connectivity index (χ1n) is 11.8. The van der Waals surface area contributed by atoms with E-state index >= 15 is 0 Å². The maximum Gasteiger partial charge on any atom is 0.343 e. The molecule has 0 atom stereocenters. The molecule has 1 amide bonds. The molecule has 3 aromatic rings. The normalized spacial score (nSPS) is 10.5. The van der Waals surface area contributed by atoms with E-state index in [0.717, 1.165) is 5.56 Å². The van der Waals surface area contributed by atoms with Gasteiger partial charge in [-0.2, -0.15) is 5.10 Å². The van der Waals surface area contributed by atoms with Crippen molar-refractivity contribution in [2.75, 3.05) is 27.4 Å². The van der Waals surface area contributed by atoms with Crippen LogP contribution in [0.3, 0.4) is 0 Å². The van der Waals surface area contributed by atoms with Crippen molar-refractivity contribution in [2.24, 2.45) is 5.10 Å². The molecule has 0 heterocycles. The standard InChI is InChI=1S/C29H30N2O7/c1-5-7-20-8-14-24(26(16-20)35-4)37-19-28(32)31-30-18-21-9-15-25(27(17-21)36-6-2)38-29(33)22-10-12-23(34-3)13-11-22/h5,8-18H,1,6-7,19H2,2-4H3,(H,31,32)/b30-18+. The Balaban J connectivity index is 1.59. The minimum absolute atomic E-state index is 0.251. The molecule has 1 N–H and O–H groups in total. The second-order valence-electron chi connectivity index (χ2n) is 7.82. The Morgan fingerprint density at radius 2 is 1.66 bits per heavy atom. The van der Waals surface area contributed by atoms with Crippen LogP contribution in [0.15, 0.2) is 78.4 Å². The van der Waals surface area contributed by atoms with Gasteiger partial charge in [0.15, 0.2) is 29.6 Å². The molecule has 0 aromatic heterocycles. The highest BCUT2D eigenvalue weighted by Crippen LogP contribution is 2.30. The summed E-state index contributed by atoms with van der Waals surface area (Å²) >= 11 is 0. The summed E-state index contributed by atoms with van der Waals surface area (Å²) in [5.41, 5.74) is 4.43. The van der Waals surface area contributed by atoms with Gasteiger partial charge in [-0.3, -0.25) is 4.79 Å². The Morgan fingerprint density at radius 1 is 0.895 bits per heavy atom. The minimum atomic E-state index is -0.533. The van der Waals surface area contributed by atoms with Crippen LogP contribution in [-0.2, 0) is 11.2 Å². The quantitative estimate of drug-likeness (QED) is 0.116. The summed E-state index contributed by atoms with van der Waals surface area (Å²) in [6.07, 6.45) is 3.93. The summed E-state index contributed by atoms with van der Waals surface area (Å²) in [4.78, 5) is 24.7. The van der Waals surface area contributed by atoms with Gasteiger partial charge in [0.05, 0.1) is 32.6 Å². The van der Waals surface area contributed by atoms with Gasteiger partial charge in [-0.15, -0.1) is 6.58 Å². The fourth-order valence-corrected chi connectivity index (χ4v) is 3.32. The van der Waals surface area contributed by atoms with Crippen LogP contribution in [0.25, 0.3) is 0 Å². The zero-order valence-corrected chi connectivity index (χ0v) is 21.6. The molecule has 9 heteroatoms. The molecule has 3 aromatic carbocycles. The molecule has 9 nitrogen and oxygen atoms in total. The second kappa shape index (κ2) is 14.1. The Morgan fingerprint density at radius 3 is 2.34 bits per heavy atom. The molecule has 0 aliphatic rings. The van der Waals surface area contributed by atoms with Crippen molar-refractivity contribution in [3.05, 3.63) is 90.0 Å². The van der Waals surface area contributed by atoms with Crippen LogP contribution in [0.2, 0.25) is 0 Å². The van der Waals surface area contributed by atoms with Crippen LogP contribution >= 0.6 is 0 Å². The van der Waals surface area contributed by atoms with Crippen LogP contribution in [-0.4, -0.2) is 45.5 Å². The minimum Gasteiger partial charge on any atom is -0.497 e. The Hall–Kier alpha value is -4.79. The number of rotatable bonds is 13. The molecule has 0 saturated heterocycles. The van der Waals surface area contributed by atoms with Gasteiger partial charge in [0, 0.05) is 0 Å². The van der Waals surface area contributed by atoms with Gasteiger partial charge in [-0.05, 0) is 79.1 Å². The lowest BCUT2D eigenvalue weighted by molar-refractivity contribution is -0.123. The Labute approximate surface area is 221 Å². The van der Waals surface area contributed by atoms with Crippen molar-refractivity contribution < 1.29 is 33.3 Å². The lowest BCUT2D eigenvalue weighted by Gasteiger charge is -2.12. The first-order chi connectivity index (χ1) is 18.5. The van der Waals surface area contributed by atoms with Gasteiger partial charge in [0.1, 0.15) is 5.75 Å². The molecule has 38 heavy (non-hydrogen) atoms. The number of amides is 1. The molecular weight excluding hydrogens is 488 g/mol. The highest BCUT2D eigenvalue weighted by Gasteiger charge is 2.14. The first kappa shape index (κ1) is 27.8. The highest BCUT2D eigenvalue weighted by molar-refractivity contribution is 5.92. The second-order valence-corrected chi connectivity index (χ2v) is 7.82. The van der Waals surface area contributed by atoms with E-state index in [4.69, 9.17) is 23.7 Å². The average Bonchev–Trinajstić information content (AvgIpc) is 2.93. The fourth-order valence-electron chi connectivity index (χ4n) is 3.32. The summed E-state index contributed by atoms with van der Waals surface area (Å²) in [5.74, 6) is 1.24. The molecule has 3 rings (SSSR count). The van der Waals surface area contributed by atoms with E-state index in [2.05, 4.69) is 17.1 Å². The molecule has 0 saturated carbocycles. The Bertz CT molecular complexity index is 1290. The van der Waals surface area contributed by atoms with Gasteiger partial charge >= 0.3 is 5.97 Å². The SMILES string of the molecule is C=CCc1ccc(OCC(=O)N/N=C/c2ccc(OC(=O)c3ccc(OC)cc3)c(OCC)c2)c(OC)c1. The summed E-state index contributed by atoms with van der Waals surface area (Å²) in [6, 6.07) is 17.0. The number of nitrogens with one attached hydrogen (secondary N) is 1. The van der Waals surface area contributed by atoms with Crippen LogP contribution in [0.4, 0.5) is 0 Å². The van der Waals surface area contributed by atoms with Gasteiger partial charge in [0.2, 0.25) is 0 Å². The fraction of sp³-hybridized carbons (Fsp3) is 0.207. The number of nitrogens with zero attached hydrogens (tertiary/aromatic N) is 1. The molecule has 0 spiro atoms. The lowest BCUT2D eigenvalue weighted by Crippen LogP contribution is -2.24. The zero-order valence-electron chi connectivity index (χ0n) is 21.6. The number of allylic oxidation sites excluding steroid dienone is 1. The van der Waals surface area contributed by atoms with Crippen molar-refractivity contribution in [3.63, 3.8) is 0 Å². The van der Waals surface area contributed by atoms with Crippen LogP contribution in [0.1, 0.15) is 28.4 Å². The van der Waals surface area contributed by atoms with Crippen LogP contribution < -0.4 is 29.1 Å². The average molecular weight is 519 g/mol. The predicted octanol–water partition coefficient (Wildman–Crippen LogP) is 4.58. The molecule has 0 bridgehead atoms. The van der Waals surface area contributed by atoms with Gasteiger partial charge in [0.25, 0.3) is 5.91 Å². The van der Waals surface area contributed by atoms with Crippen molar-refractivity contribution in [1.82, 2.24) is 5.43 Å². The third-order valence-electron chi connectivity index (χ3n) is 5.17. The molecule has 0 unspecified atom stereocenters. The largest absolute Gasteiger partial charge is 0.497 e. The van der Waals surface area contributed by atoms with Crippen LogP contribution in [0.5, 0.6) is 28.7 Å². The maximum atomic E-state index is 12.5. The number of hydrogen-bond acceptors (Lipinski definition) is 8. The van der Waals surface area contributed by atoms with Gasteiger partial charge in [-0.25, -0.2) is 10.2 Å². The summed E-state index contributed by atoms with van der Waals surface area (Å²) in [7, 11) is 3.08. The number of benzene rings is 3. The number of methoxy groups -OCH3 is 2.